The fourth-order valence-electron chi connectivity index (χ4n) is 7.10. The first-order valence-electron chi connectivity index (χ1n) is 18.5. The topological polar surface area (TPSA) is 214 Å². The lowest BCUT2D eigenvalue weighted by Crippen LogP contribution is -2.56. The van der Waals surface area contributed by atoms with Crippen LogP contribution in [0.3, 0.4) is 0 Å². The van der Waals surface area contributed by atoms with Crippen LogP contribution in [-0.4, -0.2) is 112 Å². The molecule has 1 aromatic carbocycles. The molecule has 1 aliphatic heterocycles. The summed E-state index contributed by atoms with van der Waals surface area (Å²) in [5.41, 5.74) is 15.5. The molecule has 1 saturated heterocycles. The highest BCUT2D eigenvalue weighted by Gasteiger charge is 2.43. The SMILES string of the molecule is CC[C@H](C)[C@@H]([C@@H](CC(=O)N1CCC[C@H]1[C@H](OC)[C@@H](C)C(=O)C[C@@H](Cc1ccccc1)C(=O)NS(=O)(=O)CCCN=[N+]=[N-])OC)N(C)C(=O)[C@@H](N)C(C)C. The maximum Gasteiger partial charge on any atom is 0.239 e. The number of carbonyl (C=O) groups excluding carboxylic acids is 4. The van der Waals surface area contributed by atoms with Crippen LogP contribution >= 0.6 is 0 Å². The highest BCUT2D eigenvalue weighted by Crippen LogP contribution is 2.31. The highest BCUT2D eigenvalue weighted by molar-refractivity contribution is 7.90. The Labute approximate surface area is 315 Å². The van der Waals surface area contributed by atoms with Crippen molar-refractivity contribution in [2.75, 3.05) is 40.1 Å². The number of ether oxygens (including phenoxy) is 2. The Balaban J connectivity index is 2.27. The molecule has 15 nitrogen and oxygen atoms in total. The van der Waals surface area contributed by atoms with Gasteiger partial charge in [0.25, 0.3) is 0 Å². The molecule has 0 spiro atoms. The number of azide groups is 1. The molecule has 1 aliphatic rings. The molecular weight excluding hydrogens is 703 g/mol. The number of hydrogen-bond donors (Lipinski definition) is 2. The smallest absolute Gasteiger partial charge is 0.239 e. The second kappa shape index (κ2) is 22.0. The number of likely N-dealkylation sites (tertiary alicyclic amines) is 1. The van der Waals surface area contributed by atoms with Crippen LogP contribution in [0, 0.1) is 23.7 Å². The molecule has 0 saturated carbocycles. The van der Waals surface area contributed by atoms with E-state index in [0.717, 1.165) is 12.0 Å². The molecule has 1 heterocycles. The Bertz CT molecular complexity index is 1510. The molecule has 298 valence electrons. The number of sulfonamides is 1. The Morgan fingerprint density at radius 3 is 2.32 bits per heavy atom. The van der Waals surface area contributed by atoms with Crippen LogP contribution in [-0.2, 0) is 45.1 Å². The fraction of sp³-hybridized carbons (Fsp3) is 0.730. The van der Waals surface area contributed by atoms with Crippen LogP contribution in [0.4, 0.5) is 0 Å². The first-order chi connectivity index (χ1) is 25.0. The Morgan fingerprint density at radius 1 is 1.09 bits per heavy atom. The van der Waals surface area contributed by atoms with E-state index >= 15 is 0 Å². The zero-order valence-corrected chi connectivity index (χ0v) is 33.5. The van der Waals surface area contributed by atoms with Crippen molar-refractivity contribution in [3.8, 4) is 0 Å². The third-order valence-corrected chi connectivity index (χ3v) is 11.8. The average molecular weight is 764 g/mol. The van der Waals surface area contributed by atoms with Gasteiger partial charge in [-0.05, 0) is 48.6 Å². The van der Waals surface area contributed by atoms with Crippen molar-refractivity contribution >= 4 is 33.5 Å². The first-order valence-corrected chi connectivity index (χ1v) is 20.2. The Morgan fingerprint density at radius 2 is 1.75 bits per heavy atom. The number of nitrogens with two attached hydrogens (primary N) is 1. The van der Waals surface area contributed by atoms with Gasteiger partial charge < -0.3 is 25.0 Å². The number of amides is 3. The van der Waals surface area contributed by atoms with Gasteiger partial charge in [0.05, 0.1) is 42.5 Å². The van der Waals surface area contributed by atoms with Crippen LogP contribution in [0.2, 0.25) is 0 Å². The van der Waals surface area contributed by atoms with Crippen molar-refractivity contribution in [1.29, 1.82) is 0 Å². The third-order valence-electron chi connectivity index (χ3n) is 10.5. The van der Waals surface area contributed by atoms with Crippen molar-refractivity contribution in [2.24, 2.45) is 34.5 Å². The van der Waals surface area contributed by atoms with E-state index in [1.807, 2.05) is 33.8 Å². The zero-order valence-electron chi connectivity index (χ0n) is 32.6. The highest BCUT2D eigenvalue weighted by atomic mass is 32.2. The van der Waals surface area contributed by atoms with Crippen LogP contribution in [0.5, 0.6) is 0 Å². The van der Waals surface area contributed by atoms with E-state index in [2.05, 4.69) is 14.7 Å². The van der Waals surface area contributed by atoms with Gasteiger partial charge >= 0.3 is 0 Å². The van der Waals surface area contributed by atoms with Crippen LogP contribution in [0.15, 0.2) is 35.4 Å². The van der Waals surface area contributed by atoms with E-state index in [9.17, 15) is 27.6 Å². The molecule has 0 unspecified atom stereocenters. The predicted octanol–water partition coefficient (Wildman–Crippen LogP) is 3.85. The third kappa shape index (κ3) is 13.4. The molecule has 0 aliphatic carbocycles. The van der Waals surface area contributed by atoms with Crippen LogP contribution < -0.4 is 10.5 Å². The molecule has 8 atom stereocenters. The number of ketones is 1. The van der Waals surface area contributed by atoms with E-state index in [-0.39, 0.29) is 61.7 Å². The van der Waals surface area contributed by atoms with Crippen molar-refractivity contribution < 1.29 is 37.1 Å². The number of Topliss-reactive ketones (excluding diaryl/α,β-unsaturated/α-hetero) is 1. The standard InChI is InChI=1S/C37H61N7O8S/c1-9-25(4)34(43(6)37(48)33(38)24(2)3)31(51-7)23-32(46)44-19-13-17-29(44)35(52-8)26(5)30(45)22-28(21-27-15-11-10-12-16-27)36(47)41-53(49,50)20-14-18-40-42-39/h10-12,15-16,24-26,28-29,31,33-35H,9,13-14,17-23,38H2,1-8H3,(H,41,47)/t25-,26-,28+,29-,31+,33-,34-,35+/m0/s1. The normalized spacial score (nSPS) is 18.6. The summed E-state index contributed by atoms with van der Waals surface area (Å²) in [6, 6.07) is 7.47. The summed E-state index contributed by atoms with van der Waals surface area (Å²) in [5.74, 6) is -3.72. The maximum absolute atomic E-state index is 14.0. The zero-order chi connectivity index (χ0) is 39.9. The van der Waals surface area contributed by atoms with Gasteiger partial charge in [-0.25, -0.2) is 8.42 Å². The van der Waals surface area contributed by atoms with Crippen LogP contribution in [0.1, 0.15) is 78.7 Å². The van der Waals surface area contributed by atoms with Crippen molar-refractivity contribution in [3.05, 3.63) is 46.3 Å². The van der Waals surface area contributed by atoms with Gasteiger partial charge in [-0.15, -0.1) is 0 Å². The monoisotopic (exact) mass is 763 g/mol. The van der Waals surface area contributed by atoms with E-state index in [4.69, 9.17) is 20.7 Å². The Hall–Kier alpha value is -3.56. The lowest BCUT2D eigenvalue weighted by Gasteiger charge is -2.40. The quantitative estimate of drug-likeness (QED) is 0.0716. The van der Waals surface area contributed by atoms with Gasteiger partial charge in [-0.3, -0.25) is 23.9 Å². The molecule has 0 bridgehead atoms. The molecule has 3 N–H and O–H groups in total. The van der Waals surface area contributed by atoms with Gasteiger partial charge in [0, 0.05) is 57.5 Å². The molecule has 53 heavy (non-hydrogen) atoms. The summed E-state index contributed by atoms with van der Waals surface area (Å²) >= 11 is 0. The number of likely N-dealkylation sites (N-methyl/N-ethyl adjacent to an activating group) is 1. The van der Waals surface area contributed by atoms with E-state index < -0.39 is 63.9 Å². The van der Waals surface area contributed by atoms with Gasteiger partial charge in [0.1, 0.15) is 5.78 Å². The minimum Gasteiger partial charge on any atom is -0.379 e. The molecule has 3 amide bonds. The summed E-state index contributed by atoms with van der Waals surface area (Å²) in [6.45, 7) is 9.94. The Kier molecular flexibility index (Phi) is 18.9. The number of nitrogens with zero attached hydrogens (tertiary/aromatic N) is 5. The number of benzene rings is 1. The maximum atomic E-state index is 14.0. The van der Waals surface area contributed by atoms with Gasteiger partial charge in [0.15, 0.2) is 0 Å². The number of carbonyl (C=O) groups is 4. The summed E-state index contributed by atoms with van der Waals surface area (Å²) < 4.78 is 39.3. The number of nitrogens with one attached hydrogen (secondary N) is 1. The second-order valence-corrected chi connectivity index (χ2v) is 16.4. The summed E-state index contributed by atoms with van der Waals surface area (Å²) in [7, 11) is 0.676. The fourth-order valence-corrected chi connectivity index (χ4v) is 8.19. The molecular formula is C37H61N7O8S. The number of hydrogen-bond acceptors (Lipinski definition) is 10. The number of rotatable bonds is 23. The lowest BCUT2D eigenvalue weighted by molar-refractivity contribution is -0.146. The van der Waals surface area contributed by atoms with Crippen molar-refractivity contribution in [3.63, 3.8) is 0 Å². The molecule has 0 radical (unpaired) electrons. The second-order valence-electron chi connectivity index (χ2n) is 14.5. The van der Waals surface area contributed by atoms with Gasteiger partial charge in [-0.2, -0.15) is 0 Å². The van der Waals surface area contributed by atoms with Gasteiger partial charge in [0.2, 0.25) is 27.7 Å². The summed E-state index contributed by atoms with van der Waals surface area (Å²) in [5, 5.41) is 3.34. The molecule has 16 heteroatoms. The molecule has 1 aromatic rings. The van der Waals surface area contributed by atoms with Crippen molar-refractivity contribution in [1.82, 2.24) is 14.5 Å². The summed E-state index contributed by atoms with van der Waals surface area (Å²) in [6.07, 6.45) is 0.641. The predicted molar refractivity (Wildman–Crippen MR) is 203 cm³/mol. The van der Waals surface area contributed by atoms with Crippen molar-refractivity contribution in [2.45, 2.75) is 110 Å². The van der Waals surface area contributed by atoms with Crippen LogP contribution in [0.25, 0.3) is 10.4 Å². The minimum absolute atomic E-state index is 0.00591. The van der Waals surface area contributed by atoms with E-state index in [0.29, 0.717) is 19.4 Å². The minimum atomic E-state index is -4.05. The molecule has 1 fully saturated rings. The van der Waals surface area contributed by atoms with Gasteiger partial charge in [-0.1, -0.05) is 76.5 Å². The lowest BCUT2D eigenvalue weighted by atomic mass is 9.85. The molecule has 2 rings (SSSR count). The molecule has 0 aromatic heterocycles. The van der Waals surface area contributed by atoms with E-state index in [1.54, 1.807) is 48.0 Å². The largest absolute Gasteiger partial charge is 0.379 e. The first kappa shape index (κ1) is 45.6. The van der Waals surface area contributed by atoms with E-state index in [1.165, 1.54) is 14.2 Å². The number of methoxy groups -OCH3 is 2. The average Bonchev–Trinajstić information content (AvgIpc) is 3.62. The summed E-state index contributed by atoms with van der Waals surface area (Å²) in [4.78, 5) is 60.7.